The molecule has 0 bridgehead atoms. The van der Waals surface area contributed by atoms with Crippen LogP contribution in [0.5, 0.6) is 0 Å². The third-order valence-electron chi connectivity index (χ3n) is 0. The Hall–Kier alpha value is 0.971. The van der Waals surface area contributed by atoms with Crippen LogP contribution in [0, 0.1) is 15.3 Å². The predicted molar refractivity (Wildman–Crippen MR) is 29.3 cm³/mol. The van der Waals surface area contributed by atoms with Gasteiger partial charge < -0.3 is 24.4 Å². The summed E-state index contributed by atoms with van der Waals surface area (Å²) in [5.41, 5.74) is 0. The molecule has 0 aliphatic carbocycles. The molecule has 1 atom stereocenters. The Bertz CT molecular complexity index is 161. The summed E-state index contributed by atoms with van der Waals surface area (Å²) in [6, 6.07) is 0. The van der Waals surface area contributed by atoms with Crippen LogP contribution >= 0.6 is 0 Å². The largest absolute Gasteiger partial charge is 1.00 e. The fourth-order valence-electron chi connectivity index (χ4n) is 0. The number of nitrogens with zero attached hydrogens (tertiary/aromatic N) is 1. The molecule has 0 aromatic carbocycles. The van der Waals surface area contributed by atoms with E-state index in [0.717, 1.165) is 0 Å². The molecule has 1 N–H and O–H groups in total. The van der Waals surface area contributed by atoms with Crippen molar-refractivity contribution in [2.24, 2.45) is 0 Å². The van der Waals surface area contributed by atoms with Gasteiger partial charge in [0.05, 0.1) is 14.1 Å². The van der Waals surface area contributed by atoms with E-state index in [0.29, 0.717) is 0 Å². The molecule has 11 heavy (non-hydrogen) atoms. The fourth-order valence-corrected chi connectivity index (χ4v) is 0. The van der Waals surface area contributed by atoms with Gasteiger partial charge in [-0.05, 0) is 11.2 Å². The summed E-state index contributed by atoms with van der Waals surface area (Å²) in [5, 5.41) is 14.8. The van der Waals surface area contributed by atoms with Gasteiger partial charge in [-0.15, -0.1) is 0 Å². The van der Waals surface area contributed by atoms with Gasteiger partial charge >= 0.3 is 44.8 Å². The Balaban J connectivity index is -0.0000000383. The van der Waals surface area contributed by atoms with Crippen LogP contribution in [0.25, 0.3) is 0 Å². The van der Waals surface area contributed by atoms with Crippen LogP contribution in [0.4, 0.5) is 0 Å². The molecule has 0 aromatic heterocycles. The van der Waals surface area contributed by atoms with E-state index < -0.39 is 14.1 Å². The summed E-state index contributed by atoms with van der Waals surface area (Å²) in [6.45, 7) is 0. The standard InChI is InChI=1S/2Ag.NO3.H2O3S2/c;;2-1(3)4;1-5(2,3)4/h;;;(H2,1,2,3,4)/q2*+1;-1;/p-1. The van der Waals surface area contributed by atoms with Crippen molar-refractivity contribution in [3.8, 4) is 0 Å². The minimum absolute atomic E-state index is 0. The van der Waals surface area contributed by atoms with Crippen molar-refractivity contribution in [1.82, 2.24) is 0 Å². The van der Waals surface area contributed by atoms with Crippen molar-refractivity contribution in [2.45, 2.75) is 0 Å². The summed E-state index contributed by atoms with van der Waals surface area (Å²) in [5.74, 6) is 0. The summed E-state index contributed by atoms with van der Waals surface area (Å²) in [4.78, 5) is 8.25. The van der Waals surface area contributed by atoms with Gasteiger partial charge in [0, 0.05) is 0 Å². The van der Waals surface area contributed by atoms with E-state index in [1.165, 1.54) is 0 Å². The molecule has 0 radical (unpaired) electrons. The van der Waals surface area contributed by atoms with Crippen LogP contribution in [0.1, 0.15) is 0 Å². The van der Waals surface area contributed by atoms with Gasteiger partial charge in [0.2, 0.25) is 0 Å². The van der Waals surface area contributed by atoms with E-state index in [1.54, 1.807) is 0 Å². The molecule has 0 heterocycles. The maximum absolute atomic E-state index is 9.00. The third kappa shape index (κ3) is 937. The second kappa shape index (κ2) is 11.0. The second-order valence-corrected chi connectivity index (χ2v) is 2.77. The van der Waals surface area contributed by atoms with Crippen LogP contribution in [0.3, 0.4) is 0 Å². The van der Waals surface area contributed by atoms with Crippen molar-refractivity contribution in [3.63, 3.8) is 0 Å². The van der Waals surface area contributed by atoms with Crippen LogP contribution in [-0.2, 0) is 65.0 Å². The fraction of sp³-hybridized carbons (Fsp3) is 0. The molecule has 0 spiro atoms. The molecule has 0 fully saturated rings. The first-order valence-electron chi connectivity index (χ1n) is 1.23. The van der Waals surface area contributed by atoms with Crippen molar-refractivity contribution in [1.29, 1.82) is 0 Å². The van der Waals surface area contributed by atoms with E-state index >= 15 is 0 Å². The van der Waals surface area contributed by atoms with Gasteiger partial charge in [0.15, 0.2) is 0 Å². The summed E-state index contributed by atoms with van der Waals surface area (Å²) in [7, 11) is -4.08. The Morgan fingerprint density at radius 2 is 1.36 bits per heavy atom. The molecule has 0 saturated carbocycles. The zero-order valence-electron chi connectivity index (χ0n) is 4.36. The second-order valence-electron chi connectivity index (χ2n) is 0.651. The smallest absolute Gasteiger partial charge is 0.748 e. The van der Waals surface area contributed by atoms with Gasteiger partial charge in [0.1, 0.15) is 0 Å². The number of hydrogen-bond acceptors (Lipinski definition) is 6. The van der Waals surface area contributed by atoms with E-state index in [1.807, 2.05) is 0 Å². The van der Waals surface area contributed by atoms with Gasteiger partial charge in [-0.3, -0.25) is 0 Å². The van der Waals surface area contributed by atoms with Crippen molar-refractivity contribution in [3.05, 3.63) is 15.3 Å². The maximum atomic E-state index is 9.00. The minimum Gasteiger partial charge on any atom is -0.748 e. The average molecular weight is 391 g/mol. The normalized spacial score (nSPS) is 11.8. The van der Waals surface area contributed by atoms with Crippen LogP contribution < -0.4 is 0 Å². The van der Waals surface area contributed by atoms with Crippen LogP contribution in [0.15, 0.2) is 0 Å². The maximum Gasteiger partial charge on any atom is 1.00 e. The molecule has 0 amide bonds. The van der Waals surface area contributed by atoms with Crippen molar-refractivity contribution >= 4 is 20.2 Å². The first-order valence-corrected chi connectivity index (χ1v) is 3.60. The Kier molecular flexibility index (Phi) is 22.6. The molecule has 76 valence electrons. The van der Waals surface area contributed by atoms with Crippen molar-refractivity contribution < 1.29 is 63.2 Å². The average Bonchev–Trinajstić information content (AvgIpc) is 1.19. The molecule has 0 aromatic rings. The monoisotopic (exact) mass is 389 g/mol. The first kappa shape index (κ1) is 22.7. The predicted octanol–water partition coefficient (Wildman–Crippen LogP) is -0.908. The van der Waals surface area contributed by atoms with E-state index in [9.17, 15) is 0 Å². The molecule has 0 saturated heterocycles. The minimum atomic E-state index is -4.08. The SMILES string of the molecule is O=S([O-])(O)=S.O=[N+]([O-])[O-].[Ag+].[Ag+]. The molecule has 0 aliphatic rings. The van der Waals surface area contributed by atoms with E-state index in [-0.39, 0.29) is 44.8 Å². The Morgan fingerprint density at radius 3 is 1.36 bits per heavy atom. The molecule has 0 aliphatic heterocycles. The van der Waals surface area contributed by atoms with E-state index in [2.05, 4.69) is 11.2 Å². The first-order chi connectivity index (χ1) is 3.73. The van der Waals surface area contributed by atoms with Gasteiger partial charge in [-0.1, -0.05) is 0 Å². The zero-order chi connectivity index (χ0) is 8.08. The zero-order valence-corrected chi connectivity index (χ0v) is 8.95. The number of hydrogen-bond donors (Lipinski definition) is 1. The molecule has 11 heteroatoms. The van der Waals surface area contributed by atoms with Crippen LogP contribution in [0.2, 0.25) is 0 Å². The molecular weight excluding hydrogens is 390 g/mol. The number of rotatable bonds is 0. The van der Waals surface area contributed by atoms with Crippen LogP contribution in [-0.4, -0.2) is 18.4 Å². The Labute approximate surface area is 98.0 Å². The summed E-state index contributed by atoms with van der Waals surface area (Å²) >= 11 is 3.35. The van der Waals surface area contributed by atoms with Gasteiger partial charge in [0.25, 0.3) is 0 Å². The molecule has 7 nitrogen and oxygen atoms in total. The quantitative estimate of drug-likeness (QED) is 0.322. The summed E-state index contributed by atoms with van der Waals surface area (Å²) < 4.78 is 25.3. The van der Waals surface area contributed by atoms with Crippen molar-refractivity contribution in [2.75, 3.05) is 0 Å². The molecule has 0 rings (SSSR count). The molecule has 1 unspecified atom stereocenters. The topological polar surface area (TPSA) is 127 Å². The van der Waals surface area contributed by atoms with Gasteiger partial charge in [-0.25, -0.2) is 4.21 Å². The molecular formula is HAg2NO6S2. The van der Waals surface area contributed by atoms with Gasteiger partial charge in [-0.2, -0.15) is 0 Å². The third-order valence-corrected chi connectivity index (χ3v) is 0. The Morgan fingerprint density at radius 1 is 1.36 bits per heavy atom. The summed E-state index contributed by atoms with van der Waals surface area (Å²) in [6.07, 6.45) is 0. The van der Waals surface area contributed by atoms with E-state index in [4.69, 9.17) is 28.6 Å².